The van der Waals surface area contributed by atoms with Crippen molar-refractivity contribution in [3.05, 3.63) is 45.7 Å². The Balaban J connectivity index is 2.13. The molecule has 5 nitrogen and oxygen atoms in total. The molecule has 1 aromatic carbocycles. The van der Waals surface area contributed by atoms with Crippen LogP contribution in [0.15, 0.2) is 34.1 Å². The lowest BCUT2D eigenvalue weighted by atomic mass is 9.94. The number of hydrogen-bond donors (Lipinski definition) is 2. The van der Waals surface area contributed by atoms with Crippen LogP contribution in [0.25, 0.3) is 11.6 Å². The Kier molecular flexibility index (Phi) is 3.94. The Bertz CT molecular complexity index is 838. The highest BCUT2D eigenvalue weighted by molar-refractivity contribution is 6.33. The third kappa shape index (κ3) is 2.86. The Morgan fingerprint density at radius 2 is 1.87 bits per heavy atom. The molecule has 2 N–H and O–H groups in total. The summed E-state index contributed by atoms with van der Waals surface area (Å²) in [6.07, 6.45) is 1.85. The number of benzene rings is 1. The predicted molar refractivity (Wildman–Crippen MR) is 93.4 cm³/mol. The lowest BCUT2D eigenvalue weighted by Crippen LogP contribution is -2.10. The monoisotopic (exact) mass is 311 g/mol. The van der Waals surface area contributed by atoms with Crippen LogP contribution in [-0.2, 0) is 0 Å². The van der Waals surface area contributed by atoms with Gasteiger partial charge in [-0.3, -0.25) is 20.0 Å². The number of allylic oxidation sites excluding steroid dienone is 1. The molecule has 0 bridgehead atoms. The zero-order valence-corrected chi connectivity index (χ0v) is 13.8. The zero-order valence-electron chi connectivity index (χ0n) is 13.8. The molecule has 0 spiro atoms. The van der Waals surface area contributed by atoms with Gasteiger partial charge in [0.2, 0.25) is 5.88 Å². The molecule has 2 aromatic rings. The van der Waals surface area contributed by atoms with Crippen molar-refractivity contribution in [2.75, 3.05) is 0 Å². The summed E-state index contributed by atoms with van der Waals surface area (Å²) in [6.45, 7) is 8.05. The van der Waals surface area contributed by atoms with Crippen LogP contribution < -0.4 is 10.3 Å². The van der Waals surface area contributed by atoms with Crippen molar-refractivity contribution in [3.8, 4) is 5.88 Å². The molecule has 0 unspecified atom stereocenters. The summed E-state index contributed by atoms with van der Waals surface area (Å²) in [6, 6.07) is 7.98. The highest BCUT2D eigenvalue weighted by atomic mass is 16.5. The zero-order chi connectivity index (χ0) is 16.6. The summed E-state index contributed by atoms with van der Waals surface area (Å²) in [5, 5.41) is 5.40. The van der Waals surface area contributed by atoms with Crippen LogP contribution in [0.3, 0.4) is 0 Å². The fourth-order valence-corrected chi connectivity index (χ4v) is 2.67. The number of nitrogens with one attached hydrogen (secondary N) is 2. The minimum Gasteiger partial charge on any atom is -0.475 e. The average Bonchev–Trinajstić information content (AvgIpc) is 3.03. The normalized spacial score (nSPS) is 15.4. The summed E-state index contributed by atoms with van der Waals surface area (Å²) in [5.74, 6) is 0.728. The van der Waals surface area contributed by atoms with E-state index >= 15 is 0 Å². The number of rotatable bonds is 4. The van der Waals surface area contributed by atoms with Crippen LogP contribution in [0.5, 0.6) is 5.88 Å². The smallest absolute Gasteiger partial charge is 0.275 e. The Hall–Kier alpha value is -2.56. The van der Waals surface area contributed by atoms with Crippen LogP contribution in [0.1, 0.15) is 38.8 Å². The SMILES string of the molecule is CC(C)Oc1[nH][nH]c(=O)c1C=C1C(C(C)C)=Nc2ccccc21. The Labute approximate surface area is 135 Å². The van der Waals surface area contributed by atoms with Crippen LogP contribution in [0.4, 0.5) is 5.69 Å². The van der Waals surface area contributed by atoms with Crippen molar-refractivity contribution in [2.24, 2.45) is 10.9 Å². The first kappa shape index (κ1) is 15.3. The minimum absolute atomic E-state index is 0.0206. The van der Waals surface area contributed by atoms with E-state index in [1.165, 1.54) is 0 Å². The number of nitrogens with zero attached hydrogens (tertiary/aromatic N) is 1. The summed E-state index contributed by atoms with van der Waals surface area (Å²) < 4.78 is 5.69. The molecule has 0 saturated heterocycles. The van der Waals surface area contributed by atoms with E-state index in [0.29, 0.717) is 11.4 Å². The van der Waals surface area contributed by atoms with Gasteiger partial charge >= 0.3 is 0 Å². The largest absolute Gasteiger partial charge is 0.475 e. The van der Waals surface area contributed by atoms with Gasteiger partial charge in [0.1, 0.15) is 5.56 Å². The second-order valence-electron chi connectivity index (χ2n) is 6.22. The molecule has 3 rings (SSSR count). The molecular weight excluding hydrogens is 290 g/mol. The number of aromatic nitrogens is 2. The van der Waals surface area contributed by atoms with Gasteiger partial charge in [0, 0.05) is 11.1 Å². The number of ether oxygens (including phenoxy) is 1. The van der Waals surface area contributed by atoms with Crippen LogP contribution in [0.2, 0.25) is 0 Å². The maximum Gasteiger partial charge on any atom is 0.275 e. The van der Waals surface area contributed by atoms with Gasteiger partial charge in [0.25, 0.3) is 5.56 Å². The lowest BCUT2D eigenvalue weighted by Gasteiger charge is -2.10. The maximum absolute atomic E-state index is 12.1. The van der Waals surface area contributed by atoms with E-state index in [0.717, 1.165) is 22.5 Å². The van der Waals surface area contributed by atoms with Gasteiger partial charge in [-0.05, 0) is 31.9 Å². The predicted octanol–water partition coefficient (Wildman–Crippen LogP) is 3.77. The van der Waals surface area contributed by atoms with E-state index in [9.17, 15) is 4.79 Å². The van der Waals surface area contributed by atoms with Crippen molar-refractivity contribution in [1.29, 1.82) is 0 Å². The quantitative estimate of drug-likeness (QED) is 0.902. The van der Waals surface area contributed by atoms with Gasteiger partial charge in [-0.2, -0.15) is 0 Å². The van der Waals surface area contributed by atoms with Crippen molar-refractivity contribution < 1.29 is 4.74 Å². The molecule has 1 aromatic heterocycles. The fourth-order valence-electron chi connectivity index (χ4n) is 2.67. The molecule has 0 aliphatic carbocycles. The first-order valence-electron chi connectivity index (χ1n) is 7.84. The van der Waals surface area contributed by atoms with Crippen molar-refractivity contribution in [1.82, 2.24) is 10.2 Å². The number of aromatic amines is 2. The van der Waals surface area contributed by atoms with E-state index in [1.807, 2.05) is 44.2 Å². The van der Waals surface area contributed by atoms with Gasteiger partial charge in [0.05, 0.1) is 17.5 Å². The lowest BCUT2D eigenvalue weighted by molar-refractivity contribution is 0.232. The third-order valence-corrected chi connectivity index (χ3v) is 3.68. The van der Waals surface area contributed by atoms with Crippen LogP contribution >= 0.6 is 0 Å². The summed E-state index contributed by atoms with van der Waals surface area (Å²) >= 11 is 0. The molecule has 23 heavy (non-hydrogen) atoms. The average molecular weight is 311 g/mol. The van der Waals surface area contributed by atoms with Crippen molar-refractivity contribution in [2.45, 2.75) is 33.8 Å². The molecule has 120 valence electrons. The van der Waals surface area contributed by atoms with E-state index in [4.69, 9.17) is 9.73 Å². The summed E-state index contributed by atoms with van der Waals surface area (Å²) in [4.78, 5) is 16.9. The molecule has 0 atom stereocenters. The van der Waals surface area contributed by atoms with Crippen molar-refractivity contribution in [3.63, 3.8) is 0 Å². The highest BCUT2D eigenvalue weighted by Gasteiger charge is 2.24. The minimum atomic E-state index is -0.194. The number of aliphatic imine (C=N–C) groups is 1. The maximum atomic E-state index is 12.1. The number of hydrogen-bond acceptors (Lipinski definition) is 3. The summed E-state index contributed by atoms with van der Waals surface area (Å²) in [7, 11) is 0. The van der Waals surface area contributed by atoms with Gasteiger partial charge in [-0.25, -0.2) is 0 Å². The molecule has 1 aliphatic rings. The fraction of sp³-hybridized carbons (Fsp3) is 0.333. The van der Waals surface area contributed by atoms with Gasteiger partial charge < -0.3 is 4.74 Å². The summed E-state index contributed by atoms with van der Waals surface area (Å²) in [5.41, 5.74) is 4.27. The standard InChI is InChI=1S/C18H21N3O2/c1-10(2)16-13(12-7-5-6-8-15(12)19-16)9-14-17(22)20-21-18(14)23-11(3)4/h5-11H,1-4H3,(H2,20,21,22). The first-order valence-corrected chi connectivity index (χ1v) is 7.84. The molecule has 2 heterocycles. The van der Waals surface area contributed by atoms with Gasteiger partial charge in [0.15, 0.2) is 0 Å². The van der Waals surface area contributed by atoms with Gasteiger partial charge in [-0.15, -0.1) is 0 Å². The molecule has 5 heteroatoms. The molecule has 0 amide bonds. The van der Waals surface area contributed by atoms with E-state index in [1.54, 1.807) is 0 Å². The highest BCUT2D eigenvalue weighted by Crippen LogP contribution is 2.38. The van der Waals surface area contributed by atoms with E-state index in [-0.39, 0.29) is 17.6 Å². The molecule has 0 saturated carbocycles. The van der Waals surface area contributed by atoms with Crippen LogP contribution in [-0.4, -0.2) is 22.0 Å². The molecule has 1 aliphatic heterocycles. The molecular formula is C18H21N3O2. The second kappa shape index (κ2) is 5.91. The topological polar surface area (TPSA) is 70.2 Å². The first-order chi connectivity index (χ1) is 11.0. The van der Waals surface area contributed by atoms with Crippen LogP contribution in [0, 0.1) is 5.92 Å². The number of para-hydroxylation sites is 1. The van der Waals surface area contributed by atoms with E-state index in [2.05, 4.69) is 24.0 Å². The number of H-pyrrole nitrogens is 2. The Morgan fingerprint density at radius 3 is 2.57 bits per heavy atom. The molecule has 0 radical (unpaired) electrons. The van der Waals surface area contributed by atoms with Crippen molar-refractivity contribution >= 4 is 23.0 Å². The molecule has 0 fully saturated rings. The Morgan fingerprint density at radius 1 is 1.13 bits per heavy atom. The third-order valence-electron chi connectivity index (χ3n) is 3.68. The number of fused-ring (bicyclic) bond motifs is 1. The van der Waals surface area contributed by atoms with E-state index < -0.39 is 0 Å². The van der Waals surface area contributed by atoms with Gasteiger partial charge in [-0.1, -0.05) is 32.0 Å². The second-order valence-corrected chi connectivity index (χ2v) is 6.22.